The number of ether oxygens (including phenoxy) is 1. The van der Waals surface area contributed by atoms with Gasteiger partial charge in [-0.1, -0.05) is 22.0 Å². The average Bonchev–Trinajstić information content (AvgIpc) is 2.29. The van der Waals surface area contributed by atoms with E-state index >= 15 is 0 Å². The zero-order chi connectivity index (χ0) is 11.1. The molecule has 0 aromatic heterocycles. The molecule has 84 valence electrons. The normalized spacial score (nSPS) is 15.3. The topological polar surface area (TPSA) is 35.2 Å². The zero-order valence-electron chi connectivity index (χ0n) is 9.13. The minimum Gasteiger partial charge on any atom is -0.398 e. The van der Waals surface area contributed by atoms with Gasteiger partial charge in [-0.2, -0.15) is 0 Å². The minimum absolute atomic E-state index is 0.837. The molecule has 2 nitrogen and oxygen atoms in total. The molecule has 0 amide bonds. The van der Waals surface area contributed by atoms with Gasteiger partial charge in [-0.3, -0.25) is 0 Å². The summed E-state index contributed by atoms with van der Waals surface area (Å²) in [5.41, 5.74) is 7.54. The highest BCUT2D eigenvalue weighted by Crippen LogP contribution is 2.20. The Morgan fingerprint density at radius 1 is 1.20 bits per heavy atom. The molecule has 0 radical (unpaired) electrons. The van der Waals surface area contributed by atoms with Crippen LogP contribution in [0.25, 0.3) is 0 Å². The van der Waals surface area contributed by atoms with Gasteiger partial charge in [0.1, 0.15) is 0 Å². The Labute approximate surface area is 99.9 Å². The van der Waals surface area contributed by atoms with Gasteiger partial charge < -0.3 is 10.5 Å². The van der Waals surface area contributed by atoms with E-state index in [0.717, 1.165) is 28.9 Å². The maximum atomic E-state index is 5.59. The molecule has 2 rings (SSSR count). The Morgan fingerprint density at radius 3 is 2.20 bits per heavy atom. The lowest BCUT2D eigenvalue weighted by Crippen LogP contribution is -2.03. The smallest absolute Gasteiger partial charge is 0.0466 e. The van der Waals surface area contributed by atoms with Crippen LogP contribution in [0.4, 0.5) is 5.69 Å². The summed E-state index contributed by atoms with van der Waals surface area (Å²) < 4.78 is 6.14. The molecule has 2 N–H and O–H groups in total. The van der Waals surface area contributed by atoms with Gasteiger partial charge in [-0.05, 0) is 43.9 Å². The third kappa shape index (κ3) is 4.67. The predicted octanol–water partition coefficient (Wildman–Crippen LogP) is 3.53. The van der Waals surface area contributed by atoms with Crippen molar-refractivity contribution in [3.05, 3.63) is 28.2 Å². The SMILES string of the molecule is C1CCOCC1.Cc1c(N)cccc1Br. The fraction of sp³-hybridized carbons (Fsp3) is 0.500. The highest BCUT2D eigenvalue weighted by atomic mass is 79.9. The lowest BCUT2D eigenvalue weighted by molar-refractivity contribution is 0.0968. The van der Waals surface area contributed by atoms with E-state index < -0.39 is 0 Å². The number of rotatable bonds is 0. The number of anilines is 1. The first kappa shape index (κ1) is 12.5. The van der Waals surface area contributed by atoms with Crippen molar-refractivity contribution in [3.8, 4) is 0 Å². The van der Waals surface area contributed by atoms with Gasteiger partial charge >= 0.3 is 0 Å². The average molecular weight is 272 g/mol. The molecule has 1 fully saturated rings. The Bertz CT molecular complexity index is 266. The van der Waals surface area contributed by atoms with Crippen LogP contribution >= 0.6 is 15.9 Å². The summed E-state index contributed by atoms with van der Waals surface area (Å²) in [4.78, 5) is 0. The van der Waals surface area contributed by atoms with E-state index in [0.29, 0.717) is 0 Å². The van der Waals surface area contributed by atoms with E-state index in [2.05, 4.69) is 15.9 Å². The lowest BCUT2D eigenvalue weighted by Gasteiger charge is -2.08. The lowest BCUT2D eigenvalue weighted by atomic mass is 10.2. The van der Waals surface area contributed by atoms with Crippen molar-refractivity contribution in [1.82, 2.24) is 0 Å². The molecule has 1 aromatic rings. The molecule has 3 heteroatoms. The summed E-state index contributed by atoms with van der Waals surface area (Å²) >= 11 is 3.37. The summed E-state index contributed by atoms with van der Waals surface area (Å²) in [7, 11) is 0. The molecule has 1 saturated heterocycles. The van der Waals surface area contributed by atoms with Gasteiger partial charge in [0, 0.05) is 23.4 Å². The molecule has 1 aliphatic heterocycles. The largest absolute Gasteiger partial charge is 0.398 e. The van der Waals surface area contributed by atoms with Crippen LogP contribution in [-0.4, -0.2) is 13.2 Å². The molecule has 0 unspecified atom stereocenters. The quantitative estimate of drug-likeness (QED) is 0.733. The molecule has 0 atom stereocenters. The van der Waals surface area contributed by atoms with Crippen LogP contribution in [-0.2, 0) is 4.74 Å². The molecular weight excluding hydrogens is 254 g/mol. The van der Waals surface area contributed by atoms with Crippen LogP contribution in [0.2, 0.25) is 0 Å². The summed E-state index contributed by atoms with van der Waals surface area (Å²) in [6.45, 7) is 3.99. The number of nitrogen functional groups attached to an aromatic ring is 1. The van der Waals surface area contributed by atoms with Crippen molar-refractivity contribution < 1.29 is 4.74 Å². The first-order valence-electron chi connectivity index (χ1n) is 5.30. The van der Waals surface area contributed by atoms with Crippen molar-refractivity contribution in [2.24, 2.45) is 0 Å². The second-order valence-electron chi connectivity index (χ2n) is 3.63. The zero-order valence-corrected chi connectivity index (χ0v) is 10.7. The molecule has 0 aliphatic carbocycles. The van der Waals surface area contributed by atoms with Crippen molar-refractivity contribution in [3.63, 3.8) is 0 Å². The first-order valence-corrected chi connectivity index (χ1v) is 6.09. The molecule has 1 aliphatic rings. The fourth-order valence-corrected chi connectivity index (χ4v) is 1.69. The van der Waals surface area contributed by atoms with E-state index in [4.69, 9.17) is 10.5 Å². The van der Waals surface area contributed by atoms with E-state index in [1.807, 2.05) is 25.1 Å². The van der Waals surface area contributed by atoms with Crippen LogP contribution in [0.5, 0.6) is 0 Å². The Morgan fingerprint density at radius 2 is 1.87 bits per heavy atom. The number of halogens is 1. The third-order valence-corrected chi connectivity index (χ3v) is 3.25. The molecular formula is C12H18BrNO. The standard InChI is InChI=1S/C7H8BrN.C5H10O/c1-5-6(8)3-2-4-7(5)9;1-2-4-6-5-3-1/h2-4H,9H2,1H3;1-5H2. The maximum absolute atomic E-state index is 5.59. The maximum Gasteiger partial charge on any atom is 0.0466 e. The van der Waals surface area contributed by atoms with Crippen molar-refractivity contribution >= 4 is 21.6 Å². The highest BCUT2D eigenvalue weighted by Gasteiger charge is 1.95. The number of benzene rings is 1. The van der Waals surface area contributed by atoms with Gasteiger partial charge in [0.2, 0.25) is 0 Å². The predicted molar refractivity (Wildman–Crippen MR) is 68.0 cm³/mol. The second kappa shape index (κ2) is 6.85. The number of hydrogen-bond donors (Lipinski definition) is 1. The summed E-state index contributed by atoms with van der Waals surface area (Å²) in [6.07, 6.45) is 3.93. The second-order valence-corrected chi connectivity index (χ2v) is 4.48. The third-order valence-electron chi connectivity index (χ3n) is 2.39. The minimum atomic E-state index is 0.837. The number of hydrogen-bond acceptors (Lipinski definition) is 2. The fourth-order valence-electron chi connectivity index (χ4n) is 1.31. The van der Waals surface area contributed by atoms with Crippen molar-refractivity contribution in [2.45, 2.75) is 26.2 Å². The van der Waals surface area contributed by atoms with Gasteiger partial charge in [0.15, 0.2) is 0 Å². The van der Waals surface area contributed by atoms with E-state index in [1.165, 1.54) is 19.3 Å². The Hall–Kier alpha value is -0.540. The van der Waals surface area contributed by atoms with E-state index in [9.17, 15) is 0 Å². The van der Waals surface area contributed by atoms with Crippen LogP contribution in [0.1, 0.15) is 24.8 Å². The van der Waals surface area contributed by atoms with Gasteiger partial charge in [0.05, 0.1) is 0 Å². The molecule has 0 spiro atoms. The van der Waals surface area contributed by atoms with E-state index in [-0.39, 0.29) is 0 Å². The van der Waals surface area contributed by atoms with Crippen LogP contribution < -0.4 is 5.73 Å². The van der Waals surface area contributed by atoms with Crippen LogP contribution in [0.15, 0.2) is 22.7 Å². The van der Waals surface area contributed by atoms with E-state index in [1.54, 1.807) is 0 Å². The van der Waals surface area contributed by atoms with Crippen LogP contribution in [0.3, 0.4) is 0 Å². The van der Waals surface area contributed by atoms with Crippen LogP contribution in [0, 0.1) is 6.92 Å². The summed E-state index contributed by atoms with van der Waals surface area (Å²) in [5, 5.41) is 0. The van der Waals surface area contributed by atoms with Gasteiger partial charge in [-0.25, -0.2) is 0 Å². The first-order chi connectivity index (χ1) is 7.22. The van der Waals surface area contributed by atoms with Gasteiger partial charge in [0.25, 0.3) is 0 Å². The van der Waals surface area contributed by atoms with Crippen molar-refractivity contribution in [1.29, 1.82) is 0 Å². The highest BCUT2D eigenvalue weighted by molar-refractivity contribution is 9.10. The van der Waals surface area contributed by atoms with Gasteiger partial charge in [-0.15, -0.1) is 0 Å². The van der Waals surface area contributed by atoms with Crippen molar-refractivity contribution in [2.75, 3.05) is 18.9 Å². The monoisotopic (exact) mass is 271 g/mol. The summed E-state index contributed by atoms with van der Waals surface area (Å²) in [6, 6.07) is 5.79. The molecule has 15 heavy (non-hydrogen) atoms. The Kier molecular flexibility index (Phi) is 5.73. The molecule has 1 heterocycles. The Balaban J connectivity index is 0.000000162. The number of nitrogens with two attached hydrogens (primary N) is 1. The molecule has 1 aromatic carbocycles. The molecule has 0 saturated carbocycles. The molecule has 0 bridgehead atoms. The summed E-state index contributed by atoms with van der Waals surface area (Å²) in [5.74, 6) is 0.